The fraction of sp³-hybridized carbons (Fsp3) is 0.276. The molecule has 1 atom stereocenters. The van der Waals surface area contributed by atoms with Gasteiger partial charge in [0.2, 0.25) is 5.95 Å². The molecule has 0 saturated carbocycles. The van der Waals surface area contributed by atoms with Gasteiger partial charge in [-0.15, -0.1) is 0 Å². The molecule has 1 aliphatic heterocycles. The molecule has 6 rings (SSSR count). The molecule has 210 valence electrons. The van der Waals surface area contributed by atoms with E-state index in [0.717, 1.165) is 16.9 Å². The average molecular weight is 576 g/mol. The minimum Gasteiger partial charge on any atom is -0.497 e. The van der Waals surface area contributed by atoms with Crippen molar-refractivity contribution in [2.24, 2.45) is 7.05 Å². The predicted molar refractivity (Wildman–Crippen MR) is 153 cm³/mol. The van der Waals surface area contributed by atoms with Gasteiger partial charge in [-0.1, -0.05) is 23.7 Å². The number of benzene rings is 2. The van der Waals surface area contributed by atoms with E-state index in [4.69, 9.17) is 36.0 Å². The second-order valence-electron chi connectivity index (χ2n) is 9.84. The number of anilines is 1. The van der Waals surface area contributed by atoms with Gasteiger partial charge in [0.25, 0.3) is 5.56 Å². The molecule has 0 amide bonds. The number of hydrogen-bond donors (Lipinski definition) is 0. The van der Waals surface area contributed by atoms with Crippen LogP contribution in [-0.2, 0) is 18.3 Å². The van der Waals surface area contributed by atoms with Crippen LogP contribution in [0.25, 0.3) is 22.3 Å². The smallest absolute Gasteiger partial charge is 0.280 e. The molecule has 3 aromatic heterocycles. The summed E-state index contributed by atoms with van der Waals surface area (Å²) in [5, 5.41) is 4.50. The molecule has 0 bridgehead atoms. The summed E-state index contributed by atoms with van der Waals surface area (Å²) in [6, 6.07) is 11.8. The van der Waals surface area contributed by atoms with Gasteiger partial charge in [-0.2, -0.15) is 5.10 Å². The lowest BCUT2D eigenvalue weighted by Crippen LogP contribution is -2.39. The first-order chi connectivity index (χ1) is 19.8. The third-order valence-corrected chi connectivity index (χ3v) is 7.35. The van der Waals surface area contributed by atoms with Crippen LogP contribution in [0.4, 0.5) is 10.3 Å². The van der Waals surface area contributed by atoms with Crippen LogP contribution in [0.1, 0.15) is 23.1 Å². The van der Waals surface area contributed by atoms with E-state index < -0.39 is 5.82 Å². The Hall–Kier alpha value is -4.35. The van der Waals surface area contributed by atoms with Gasteiger partial charge >= 0.3 is 0 Å². The van der Waals surface area contributed by atoms with Crippen LogP contribution in [0.5, 0.6) is 5.75 Å². The summed E-state index contributed by atoms with van der Waals surface area (Å²) >= 11 is 6.04. The Morgan fingerprint density at radius 3 is 2.63 bits per heavy atom. The van der Waals surface area contributed by atoms with Crippen molar-refractivity contribution < 1.29 is 13.9 Å². The van der Waals surface area contributed by atoms with Crippen molar-refractivity contribution in [2.45, 2.75) is 19.6 Å². The van der Waals surface area contributed by atoms with Gasteiger partial charge in [-0.05, 0) is 42.8 Å². The van der Waals surface area contributed by atoms with E-state index in [1.54, 1.807) is 41.6 Å². The Bertz CT molecular complexity index is 1810. The van der Waals surface area contributed by atoms with Crippen molar-refractivity contribution in [1.29, 1.82) is 0 Å². The molecule has 12 heteroatoms. The van der Waals surface area contributed by atoms with E-state index in [9.17, 15) is 4.79 Å². The first-order valence-electron chi connectivity index (χ1n) is 13.0. The lowest BCUT2D eigenvalue weighted by molar-refractivity contribution is 0.0392. The number of aryl methyl sites for hydroxylation is 2. The van der Waals surface area contributed by atoms with Crippen LogP contribution < -0.4 is 15.2 Å². The van der Waals surface area contributed by atoms with Gasteiger partial charge in [-0.3, -0.25) is 14.0 Å². The Morgan fingerprint density at radius 1 is 1.12 bits per heavy atom. The number of methoxy groups -OCH3 is 1. The van der Waals surface area contributed by atoms with Crippen molar-refractivity contribution in [1.82, 2.24) is 29.3 Å². The van der Waals surface area contributed by atoms with E-state index in [1.165, 1.54) is 6.07 Å². The van der Waals surface area contributed by atoms with E-state index in [-0.39, 0.29) is 51.5 Å². The molecular formula is C29H27ClFN7O3. The normalized spacial score (nSPS) is 15.4. The van der Waals surface area contributed by atoms with Crippen LogP contribution >= 0.6 is 11.6 Å². The molecule has 4 heterocycles. The van der Waals surface area contributed by atoms with Crippen LogP contribution in [0.2, 0.25) is 5.02 Å². The largest absolute Gasteiger partial charge is 0.497 e. The summed E-state index contributed by atoms with van der Waals surface area (Å²) in [6.07, 6.45) is 3.39. The molecule has 1 saturated heterocycles. The van der Waals surface area contributed by atoms with Gasteiger partial charge in [0.1, 0.15) is 34.7 Å². The molecular weight excluding hydrogens is 549 g/mol. The molecule has 0 radical (unpaired) electrons. The number of aromatic nitrogens is 6. The van der Waals surface area contributed by atoms with Gasteiger partial charge in [0.15, 0.2) is 5.52 Å². The number of fused-ring (bicyclic) bond motifs is 1. The topological polar surface area (TPSA) is 100 Å². The molecule has 1 unspecified atom stereocenters. The maximum absolute atomic E-state index is 15.2. The molecule has 1 aliphatic rings. The SMILES string of the molecule is COc1ccc(Cn2c(C)nc3c(-c4ccc(Cl)cc4F)nc(N4CCOC(c5cnn(C)c5)C4)nc3c2=O)cc1. The van der Waals surface area contributed by atoms with E-state index in [0.29, 0.717) is 25.5 Å². The predicted octanol–water partition coefficient (Wildman–Crippen LogP) is 4.32. The zero-order valence-corrected chi connectivity index (χ0v) is 23.5. The lowest BCUT2D eigenvalue weighted by atomic mass is 10.1. The highest BCUT2D eigenvalue weighted by Gasteiger charge is 2.27. The molecule has 2 aromatic carbocycles. The standard InChI is InChI=1S/C29H27ClFN7O3/c1-17-33-26-25(22-9-6-20(30)12-23(22)31)34-29(37-10-11-41-24(16-37)19-13-32-36(2)15-19)35-27(26)28(39)38(17)14-18-4-7-21(40-3)8-5-18/h4-9,12-13,15,24H,10-11,14,16H2,1-3H3. The van der Waals surface area contributed by atoms with Crippen LogP contribution in [0.3, 0.4) is 0 Å². The second-order valence-corrected chi connectivity index (χ2v) is 10.3. The summed E-state index contributed by atoms with van der Waals surface area (Å²) in [7, 11) is 3.44. The minimum absolute atomic E-state index is 0.0999. The highest BCUT2D eigenvalue weighted by atomic mass is 35.5. The van der Waals surface area contributed by atoms with E-state index in [1.807, 2.05) is 42.4 Å². The lowest BCUT2D eigenvalue weighted by Gasteiger charge is -2.32. The quantitative estimate of drug-likeness (QED) is 0.295. The molecule has 0 aliphatic carbocycles. The monoisotopic (exact) mass is 575 g/mol. The highest BCUT2D eigenvalue weighted by Crippen LogP contribution is 2.31. The molecule has 10 nitrogen and oxygen atoms in total. The summed E-state index contributed by atoms with van der Waals surface area (Å²) in [5.74, 6) is 0.892. The van der Waals surface area contributed by atoms with Crippen LogP contribution in [-0.4, -0.2) is 56.1 Å². The average Bonchev–Trinajstić information content (AvgIpc) is 3.42. The number of ether oxygens (including phenoxy) is 2. The summed E-state index contributed by atoms with van der Waals surface area (Å²) < 4.78 is 29.8. The number of halogens is 2. The third-order valence-electron chi connectivity index (χ3n) is 7.12. The first-order valence-corrected chi connectivity index (χ1v) is 13.4. The summed E-state index contributed by atoms with van der Waals surface area (Å²) in [4.78, 5) is 30.1. The Labute approximate surface area is 240 Å². The molecule has 0 spiro atoms. The fourth-order valence-corrected chi connectivity index (χ4v) is 5.10. The van der Waals surface area contributed by atoms with Crippen molar-refractivity contribution in [3.05, 3.63) is 93.0 Å². The second kappa shape index (κ2) is 10.9. The van der Waals surface area contributed by atoms with Gasteiger partial charge in [0.05, 0.1) is 33.0 Å². The first kappa shape index (κ1) is 26.9. The minimum atomic E-state index is -0.569. The zero-order valence-electron chi connectivity index (χ0n) is 22.7. The Balaban J connectivity index is 1.49. The van der Waals surface area contributed by atoms with Crippen molar-refractivity contribution in [3.63, 3.8) is 0 Å². The maximum Gasteiger partial charge on any atom is 0.280 e. The Morgan fingerprint density at radius 2 is 1.93 bits per heavy atom. The Kier molecular flexibility index (Phi) is 7.14. The number of rotatable bonds is 6. The van der Waals surface area contributed by atoms with Crippen LogP contribution in [0.15, 0.2) is 59.7 Å². The number of nitrogens with zero attached hydrogens (tertiary/aromatic N) is 7. The third kappa shape index (κ3) is 5.25. The molecule has 0 N–H and O–H groups in total. The summed E-state index contributed by atoms with van der Waals surface area (Å²) in [5.41, 5.74) is 2.19. The fourth-order valence-electron chi connectivity index (χ4n) is 4.94. The number of hydrogen-bond acceptors (Lipinski definition) is 8. The number of morpholine rings is 1. The van der Waals surface area contributed by atoms with Gasteiger partial charge < -0.3 is 14.4 Å². The zero-order chi connectivity index (χ0) is 28.7. The van der Waals surface area contributed by atoms with Crippen molar-refractivity contribution in [3.8, 4) is 17.0 Å². The van der Waals surface area contributed by atoms with Crippen molar-refractivity contribution in [2.75, 3.05) is 31.7 Å². The highest BCUT2D eigenvalue weighted by molar-refractivity contribution is 6.30. The molecule has 5 aromatic rings. The maximum atomic E-state index is 15.2. The van der Waals surface area contributed by atoms with E-state index in [2.05, 4.69) is 5.10 Å². The van der Waals surface area contributed by atoms with Gasteiger partial charge in [0, 0.05) is 35.9 Å². The van der Waals surface area contributed by atoms with E-state index >= 15 is 4.39 Å². The van der Waals surface area contributed by atoms with Crippen LogP contribution in [0, 0.1) is 12.7 Å². The van der Waals surface area contributed by atoms with Crippen molar-refractivity contribution >= 4 is 28.6 Å². The van der Waals surface area contributed by atoms with Gasteiger partial charge in [-0.25, -0.2) is 19.3 Å². The summed E-state index contributed by atoms with van der Waals surface area (Å²) in [6.45, 7) is 3.35. The molecule has 41 heavy (non-hydrogen) atoms. The molecule has 1 fully saturated rings.